The third-order valence-corrected chi connectivity index (χ3v) is 7.81. The Balaban J connectivity index is 1.72. The van der Waals surface area contributed by atoms with E-state index in [0.717, 1.165) is 39.3 Å². The van der Waals surface area contributed by atoms with Crippen molar-refractivity contribution in [3.05, 3.63) is 57.6 Å². The van der Waals surface area contributed by atoms with Crippen molar-refractivity contribution < 1.29 is 29.9 Å². The normalized spacial score (nSPS) is 29.7. The molecule has 0 saturated carbocycles. The highest BCUT2D eigenvalue weighted by Crippen LogP contribution is 2.48. The number of hydrogen-bond donors (Lipinski definition) is 4. The molecule has 174 valence electrons. The van der Waals surface area contributed by atoms with E-state index < -0.39 is 37.1 Å². The molecule has 0 spiro atoms. The summed E-state index contributed by atoms with van der Waals surface area (Å²) in [5, 5.41) is 41.9. The second kappa shape index (κ2) is 9.89. The number of aliphatic hydroxyl groups excluding tert-OH is 4. The summed E-state index contributed by atoms with van der Waals surface area (Å²) in [6.45, 7) is 4.20. The first-order valence-corrected chi connectivity index (χ1v) is 12.1. The fourth-order valence-electron chi connectivity index (χ4n) is 4.42. The van der Waals surface area contributed by atoms with Gasteiger partial charge in [0.1, 0.15) is 36.3 Å². The first kappa shape index (κ1) is 23.8. The Labute approximate surface area is 197 Å². The van der Waals surface area contributed by atoms with Crippen molar-refractivity contribution in [1.29, 1.82) is 0 Å². The van der Waals surface area contributed by atoms with Crippen molar-refractivity contribution in [2.75, 3.05) is 13.2 Å². The SMILES string of the molecule is CCOc1ccc(Cc2cc([C@@H]3O[C@H](CO)[C@@H](O)[C@H](O)[C@H]3O)c3c(c2Cl)CC(C)S3)cc1. The molecule has 4 N–H and O–H groups in total. The molecule has 0 aliphatic carbocycles. The Hall–Kier alpha value is -1.32. The first-order chi connectivity index (χ1) is 15.3. The maximum absolute atomic E-state index is 10.7. The molecule has 1 unspecified atom stereocenters. The van der Waals surface area contributed by atoms with Crippen LogP contribution in [0.25, 0.3) is 0 Å². The number of halogens is 1. The van der Waals surface area contributed by atoms with Crippen LogP contribution in [0, 0.1) is 0 Å². The van der Waals surface area contributed by atoms with Gasteiger partial charge in [0.25, 0.3) is 0 Å². The van der Waals surface area contributed by atoms with Crippen LogP contribution in [0.2, 0.25) is 5.02 Å². The molecule has 1 saturated heterocycles. The van der Waals surface area contributed by atoms with Gasteiger partial charge in [-0.1, -0.05) is 36.7 Å². The third-order valence-electron chi connectivity index (χ3n) is 6.05. The van der Waals surface area contributed by atoms with Crippen LogP contribution in [0.5, 0.6) is 5.75 Å². The highest BCUT2D eigenvalue weighted by molar-refractivity contribution is 8.00. The van der Waals surface area contributed by atoms with Gasteiger partial charge in [-0.05, 0) is 54.2 Å². The van der Waals surface area contributed by atoms with Crippen molar-refractivity contribution >= 4 is 23.4 Å². The highest BCUT2D eigenvalue weighted by atomic mass is 35.5. The van der Waals surface area contributed by atoms with Gasteiger partial charge in [0, 0.05) is 15.2 Å². The molecule has 0 bridgehead atoms. The minimum Gasteiger partial charge on any atom is -0.494 e. The van der Waals surface area contributed by atoms with Gasteiger partial charge in [-0.15, -0.1) is 11.8 Å². The lowest BCUT2D eigenvalue weighted by atomic mass is 9.88. The van der Waals surface area contributed by atoms with Crippen LogP contribution in [-0.4, -0.2) is 63.3 Å². The zero-order valence-electron chi connectivity index (χ0n) is 18.1. The number of rotatable bonds is 6. The molecule has 2 heterocycles. The zero-order chi connectivity index (χ0) is 23.0. The molecule has 6 nitrogen and oxygen atoms in total. The molecule has 2 aromatic rings. The standard InChI is InChI=1S/C24H29ClO6S/c1-3-30-15-6-4-13(5-7-15)9-14-10-17(24-16(19(14)25)8-12(2)32-24)23-22(29)21(28)20(27)18(11-26)31-23/h4-7,10,12,18,20-23,26-29H,3,8-9,11H2,1-2H3/t12?,18-,20-,21+,22-,23+/m1/s1. The summed E-state index contributed by atoms with van der Waals surface area (Å²) in [5.74, 6) is 0.809. The lowest BCUT2D eigenvalue weighted by Crippen LogP contribution is -2.55. The molecule has 4 rings (SSSR count). The minimum atomic E-state index is -1.42. The van der Waals surface area contributed by atoms with Gasteiger partial charge in [0.05, 0.1) is 13.2 Å². The lowest BCUT2D eigenvalue weighted by Gasteiger charge is -2.41. The van der Waals surface area contributed by atoms with E-state index in [1.54, 1.807) is 11.8 Å². The van der Waals surface area contributed by atoms with Crippen LogP contribution >= 0.6 is 23.4 Å². The quantitative estimate of drug-likeness (QED) is 0.504. The van der Waals surface area contributed by atoms with Gasteiger partial charge < -0.3 is 29.9 Å². The first-order valence-electron chi connectivity index (χ1n) is 10.9. The molecule has 0 radical (unpaired) electrons. The molecular weight excluding hydrogens is 452 g/mol. The van der Waals surface area contributed by atoms with Crippen molar-refractivity contribution in [2.24, 2.45) is 0 Å². The third kappa shape index (κ3) is 4.53. The second-order valence-corrected chi connectivity index (χ2v) is 10.2. The Morgan fingerprint density at radius 1 is 1.12 bits per heavy atom. The summed E-state index contributed by atoms with van der Waals surface area (Å²) < 4.78 is 11.4. The smallest absolute Gasteiger partial charge is 0.119 e. The number of aliphatic hydroxyl groups is 4. The van der Waals surface area contributed by atoms with E-state index in [9.17, 15) is 20.4 Å². The van der Waals surface area contributed by atoms with Gasteiger partial charge in [0.2, 0.25) is 0 Å². The summed E-state index contributed by atoms with van der Waals surface area (Å²) in [7, 11) is 0. The topological polar surface area (TPSA) is 99.4 Å². The second-order valence-electron chi connectivity index (χ2n) is 8.38. The summed E-state index contributed by atoms with van der Waals surface area (Å²) in [6.07, 6.45) is -4.59. The highest BCUT2D eigenvalue weighted by Gasteiger charge is 2.45. The van der Waals surface area contributed by atoms with Crippen LogP contribution < -0.4 is 4.74 Å². The van der Waals surface area contributed by atoms with E-state index in [-0.39, 0.29) is 0 Å². The van der Waals surface area contributed by atoms with E-state index in [2.05, 4.69) is 6.92 Å². The van der Waals surface area contributed by atoms with E-state index >= 15 is 0 Å². The van der Waals surface area contributed by atoms with Crippen molar-refractivity contribution in [3.63, 3.8) is 0 Å². The van der Waals surface area contributed by atoms with Gasteiger partial charge in [0.15, 0.2) is 0 Å². The molecule has 2 aromatic carbocycles. The van der Waals surface area contributed by atoms with E-state index in [0.29, 0.717) is 23.3 Å². The molecule has 32 heavy (non-hydrogen) atoms. The molecular formula is C24H29ClO6S. The Morgan fingerprint density at radius 2 is 1.84 bits per heavy atom. The van der Waals surface area contributed by atoms with Gasteiger partial charge in [-0.3, -0.25) is 0 Å². The average molecular weight is 481 g/mol. The molecule has 2 aliphatic rings. The van der Waals surface area contributed by atoms with Gasteiger partial charge >= 0.3 is 0 Å². The summed E-state index contributed by atoms with van der Waals surface area (Å²) >= 11 is 8.50. The molecule has 2 aliphatic heterocycles. The molecule has 6 atom stereocenters. The van der Waals surface area contributed by atoms with E-state index in [1.807, 2.05) is 37.3 Å². The van der Waals surface area contributed by atoms with Crippen molar-refractivity contribution in [2.45, 2.75) is 67.4 Å². The minimum absolute atomic E-state index is 0.312. The number of fused-ring (bicyclic) bond motifs is 1. The van der Waals surface area contributed by atoms with Crippen molar-refractivity contribution in [3.8, 4) is 5.75 Å². The molecule has 0 aromatic heterocycles. The van der Waals surface area contributed by atoms with Crippen LogP contribution in [0.4, 0.5) is 0 Å². The Morgan fingerprint density at radius 3 is 2.50 bits per heavy atom. The average Bonchev–Trinajstić information content (AvgIpc) is 3.18. The van der Waals surface area contributed by atoms with Gasteiger partial charge in [-0.25, -0.2) is 0 Å². The van der Waals surface area contributed by atoms with E-state index in [4.69, 9.17) is 21.1 Å². The fourth-order valence-corrected chi connectivity index (χ4v) is 6.07. The van der Waals surface area contributed by atoms with Crippen LogP contribution in [0.15, 0.2) is 35.2 Å². The molecule has 1 fully saturated rings. The number of thioether (sulfide) groups is 1. The van der Waals surface area contributed by atoms with Crippen molar-refractivity contribution in [1.82, 2.24) is 0 Å². The van der Waals surface area contributed by atoms with E-state index in [1.165, 1.54) is 0 Å². The molecule has 8 heteroatoms. The zero-order valence-corrected chi connectivity index (χ0v) is 19.6. The summed E-state index contributed by atoms with van der Waals surface area (Å²) in [4.78, 5) is 0.947. The lowest BCUT2D eigenvalue weighted by molar-refractivity contribution is -0.232. The number of ether oxygens (including phenoxy) is 2. The number of benzene rings is 2. The maximum atomic E-state index is 10.7. The fraction of sp³-hybridized carbons (Fsp3) is 0.500. The van der Waals surface area contributed by atoms with Crippen LogP contribution in [0.3, 0.4) is 0 Å². The predicted octanol–water partition coefficient (Wildman–Crippen LogP) is 2.88. The van der Waals surface area contributed by atoms with Crippen LogP contribution in [0.1, 0.15) is 42.2 Å². The Kier molecular flexibility index (Phi) is 7.36. The molecule has 0 amide bonds. The maximum Gasteiger partial charge on any atom is 0.119 e. The monoisotopic (exact) mass is 480 g/mol. The number of hydrogen-bond acceptors (Lipinski definition) is 7. The largest absolute Gasteiger partial charge is 0.494 e. The van der Waals surface area contributed by atoms with Gasteiger partial charge in [-0.2, -0.15) is 0 Å². The summed E-state index contributed by atoms with van der Waals surface area (Å²) in [6, 6.07) is 9.78. The summed E-state index contributed by atoms with van der Waals surface area (Å²) in [5.41, 5.74) is 3.71. The predicted molar refractivity (Wildman–Crippen MR) is 124 cm³/mol. The Bertz CT molecular complexity index is 950. The van der Waals surface area contributed by atoms with Crippen LogP contribution in [-0.2, 0) is 17.6 Å².